The molecule has 0 radical (unpaired) electrons. The number of rotatable bonds is 15. The molecule has 0 atom stereocenters. The van der Waals surface area contributed by atoms with E-state index in [1.165, 1.54) is 12.2 Å². The lowest BCUT2D eigenvalue weighted by Crippen LogP contribution is -2.32. The summed E-state index contributed by atoms with van der Waals surface area (Å²) >= 11 is 0. The van der Waals surface area contributed by atoms with E-state index in [2.05, 4.69) is 5.32 Å². The van der Waals surface area contributed by atoms with Crippen LogP contribution in [-0.4, -0.2) is 86.4 Å². The highest BCUT2D eigenvalue weighted by Crippen LogP contribution is 2.05. The summed E-state index contributed by atoms with van der Waals surface area (Å²) in [5.41, 5.74) is 0. The Balaban J connectivity index is 1.86. The van der Waals surface area contributed by atoms with E-state index in [4.69, 9.17) is 19.3 Å². The maximum Gasteiger partial charge on any atom is 0.329 e. The molecule has 1 aliphatic rings. The van der Waals surface area contributed by atoms with Crippen LogP contribution < -0.4 is 5.32 Å². The van der Waals surface area contributed by atoms with E-state index in [0.717, 1.165) is 4.90 Å². The number of hydrogen-bond acceptors (Lipinski definition) is 7. The van der Waals surface area contributed by atoms with Gasteiger partial charge in [0.2, 0.25) is 5.91 Å². The summed E-state index contributed by atoms with van der Waals surface area (Å²) in [6.07, 6.45) is 3.05. The van der Waals surface area contributed by atoms with Crippen LogP contribution in [0.15, 0.2) is 12.2 Å². The minimum Gasteiger partial charge on any atom is -0.480 e. The number of nitrogens with one attached hydrogen (secondary N) is 1. The zero-order valence-electron chi connectivity index (χ0n) is 14.5. The first kappa shape index (κ1) is 21.7. The minimum absolute atomic E-state index is 0.174. The first-order valence-corrected chi connectivity index (χ1v) is 8.26. The van der Waals surface area contributed by atoms with E-state index in [-0.39, 0.29) is 50.5 Å². The lowest BCUT2D eigenvalue weighted by molar-refractivity contribution is -0.143. The minimum atomic E-state index is -1.02. The van der Waals surface area contributed by atoms with Crippen molar-refractivity contribution in [2.45, 2.75) is 12.8 Å². The lowest BCUT2D eigenvalue weighted by Gasteiger charge is -2.13. The van der Waals surface area contributed by atoms with Crippen LogP contribution >= 0.6 is 0 Å². The highest BCUT2D eigenvalue weighted by molar-refractivity contribution is 6.12. The smallest absolute Gasteiger partial charge is 0.329 e. The fourth-order valence-corrected chi connectivity index (χ4v) is 2.00. The summed E-state index contributed by atoms with van der Waals surface area (Å²) in [4.78, 5) is 45.5. The van der Waals surface area contributed by atoms with Gasteiger partial charge in [-0.2, -0.15) is 0 Å². The Kier molecular flexibility index (Phi) is 10.9. The molecule has 0 saturated carbocycles. The van der Waals surface area contributed by atoms with Gasteiger partial charge in [-0.25, -0.2) is 4.79 Å². The zero-order chi connectivity index (χ0) is 19.2. The number of ether oxygens (including phenoxy) is 3. The lowest BCUT2D eigenvalue weighted by atomic mass is 10.3. The first-order chi connectivity index (χ1) is 12.5. The van der Waals surface area contributed by atoms with Gasteiger partial charge >= 0.3 is 5.97 Å². The van der Waals surface area contributed by atoms with Crippen LogP contribution in [0.2, 0.25) is 0 Å². The number of carboxylic acids is 1. The Morgan fingerprint density at radius 3 is 2.15 bits per heavy atom. The fraction of sp³-hybridized carbons (Fsp3) is 0.625. The van der Waals surface area contributed by atoms with Crippen molar-refractivity contribution in [3.05, 3.63) is 12.2 Å². The Morgan fingerprint density at radius 2 is 1.54 bits per heavy atom. The van der Waals surface area contributed by atoms with E-state index >= 15 is 0 Å². The van der Waals surface area contributed by atoms with Crippen LogP contribution in [0.5, 0.6) is 0 Å². The van der Waals surface area contributed by atoms with Crippen molar-refractivity contribution in [3.63, 3.8) is 0 Å². The van der Waals surface area contributed by atoms with Crippen LogP contribution in [0.1, 0.15) is 12.8 Å². The molecule has 0 spiro atoms. The quantitative estimate of drug-likeness (QED) is 0.275. The fourth-order valence-electron chi connectivity index (χ4n) is 2.00. The van der Waals surface area contributed by atoms with Crippen molar-refractivity contribution >= 4 is 23.7 Å². The summed E-state index contributed by atoms with van der Waals surface area (Å²) in [6.45, 7) is 1.74. The Bertz CT molecular complexity index is 502. The number of hydrogen-bond donors (Lipinski definition) is 2. The molecular formula is C16H24N2O8. The molecule has 0 fully saturated rings. The van der Waals surface area contributed by atoms with Gasteiger partial charge in [-0.3, -0.25) is 19.3 Å². The molecule has 10 heteroatoms. The SMILES string of the molecule is O=C(O)COCCOCCOCCNC(=O)CCCN1C(=O)C=CC1=O. The van der Waals surface area contributed by atoms with Gasteiger partial charge in [0, 0.05) is 31.7 Å². The van der Waals surface area contributed by atoms with E-state index in [0.29, 0.717) is 32.8 Å². The highest BCUT2D eigenvalue weighted by Gasteiger charge is 2.22. The molecule has 146 valence electrons. The highest BCUT2D eigenvalue weighted by atomic mass is 16.5. The topological polar surface area (TPSA) is 131 Å². The monoisotopic (exact) mass is 372 g/mol. The van der Waals surface area contributed by atoms with Gasteiger partial charge in [0.05, 0.1) is 33.0 Å². The van der Waals surface area contributed by atoms with Gasteiger partial charge in [0.15, 0.2) is 0 Å². The first-order valence-electron chi connectivity index (χ1n) is 8.26. The molecule has 0 bridgehead atoms. The maximum absolute atomic E-state index is 11.6. The molecule has 0 aromatic carbocycles. The normalized spacial score (nSPS) is 13.5. The second-order valence-corrected chi connectivity index (χ2v) is 5.29. The predicted molar refractivity (Wildman–Crippen MR) is 88.2 cm³/mol. The third kappa shape index (κ3) is 9.87. The average Bonchev–Trinajstić information content (AvgIpc) is 2.91. The molecule has 1 heterocycles. The third-order valence-corrected chi connectivity index (χ3v) is 3.22. The molecule has 1 rings (SSSR count). The zero-order valence-corrected chi connectivity index (χ0v) is 14.5. The van der Waals surface area contributed by atoms with Crippen LogP contribution in [0.3, 0.4) is 0 Å². The molecule has 10 nitrogen and oxygen atoms in total. The van der Waals surface area contributed by atoms with E-state index in [1.807, 2.05) is 0 Å². The van der Waals surface area contributed by atoms with Crippen LogP contribution in [-0.2, 0) is 33.4 Å². The number of nitrogens with zero attached hydrogens (tertiary/aromatic N) is 1. The Labute approximate surface area is 151 Å². The Hall–Kier alpha value is -2.30. The number of amides is 3. The van der Waals surface area contributed by atoms with Crippen LogP contribution in [0, 0.1) is 0 Å². The molecule has 0 aromatic rings. The second kappa shape index (κ2) is 13.0. The van der Waals surface area contributed by atoms with E-state index < -0.39 is 5.97 Å². The number of imide groups is 1. The molecule has 26 heavy (non-hydrogen) atoms. The van der Waals surface area contributed by atoms with Gasteiger partial charge in [-0.15, -0.1) is 0 Å². The van der Waals surface area contributed by atoms with Crippen molar-refractivity contribution in [1.29, 1.82) is 0 Å². The van der Waals surface area contributed by atoms with Crippen molar-refractivity contribution in [3.8, 4) is 0 Å². The molecule has 2 N–H and O–H groups in total. The van der Waals surface area contributed by atoms with Gasteiger partial charge in [-0.1, -0.05) is 0 Å². The molecule has 0 unspecified atom stereocenters. The Morgan fingerprint density at radius 1 is 0.962 bits per heavy atom. The van der Waals surface area contributed by atoms with E-state index in [9.17, 15) is 19.2 Å². The molecular weight excluding hydrogens is 348 g/mol. The van der Waals surface area contributed by atoms with Crippen molar-refractivity contribution in [2.75, 3.05) is 52.7 Å². The van der Waals surface area contributed by atoms with Crippen molar-refractivity contribution in [2.24, 2.45) is 0 Å². The van der Waals surface area contributed by atoms with Gasteiger partial charge in [-0.05, 0) is 6.42 Å². The third-order valence-electron chi connectivity index (χ3n) is 3.22. The van der Waals surface area contributed by atoms with Crippen LogP contribution in [0.25, 0.3) is 0 Å². The van der Waals surface area contributed by atoms with Gasteiger partial charge in [0.25, 0.3) is 11.8 Å². The largest absolute Gasteiger partial charge is 0.480 e. The van der Waals surface area contributed by atoms with Gasteiger partial charge < -0.3 is 24.6 Å². The molecule has 0 aliphatic carbocycles. The summed E-state index contributed by atoms with van der Waals surface area (Å²) in [5.74, 6) is -1.89. The number of aliphatic carboxylic acids is 1. The standard InChI is InChI=1S/C16H24N2O8/c19-13(2-1-6-18-14(20)3-4-15(18)21)17-5-7-24-8-9-25-10-11-26-12-16(22)23/h3-4H,1-2,5-12H2,(H,17,19)(H,22,23). The number of carboxylic acid groups (broad SMARTS) is 1. The number of carbonyl (C=O) groups is 4. The number of carbonyl (C=O) groups excluding carboxylic acids is 3. The van der Waals surface area contributed by atoms with Crippen molar-refractivity contribution in [1.82, 2.24) is 10.2 Å². The van der Waals surface area contributed by atoms with Crippen LogP contribution in [0.4, 0.5) is 0 Å². The summed E-state index contributed by atoms with van der Waals surface area (Å²) in [5, 5.41) is 11.0. The summed E-state index contributed by atoms with van der Waals surface area (Å²) in [7, 11) is 0. The summed E-state index contributed by atoms with van der Waals surface area (Å²) < 4.78 is 15.2. The second-order valence-electron chi connectivity index (χ2n) is 5.29. The maximum atomic E-state index is 11.6. The molecule has 0 saturated heterocycles. The van der Waals surface area contributed by atoms with E-state index in [1.54, 1.807) is 0 Å². The summed E-state index contributed by atoms with van der Waals surface area (Å²) in [6, 6.07) is 0. The van der Waals surface area contributed by atoms with Gasteiger partial charge in [0.1, 0.15) is 6.61 Å². The molecule has 0 aromatic heterocycles. The average molecular weight is 372 g/mol. The molecule has 3 amide bonds. The molecule has 1 aliphatic heterocycles. The predicted octanol–water partition coefficient (Wildman–Crippen LogP) is -1.06. The van der Waals surface area contributed by atoms with Crippen molar-refractivity contribution < 1.29 is 38.5 Å².